The molecule has 2 aromatic heterocycles. The Hall–Kier alpha value is -3.33. The van der Waals surface area contributed by atoms with Crippen molar-refractivity contribution in [3.05, 3.63) is 103 Å². The molecule has 186 valence electrons. The van der Waals surface area contributed by atoms with Crippen molar-refractivity contribution in [2.24, 2.45) is 0 Å². The molecule has 3 nitrogen and oxygen atoms in total. The number of fused-ring (bicyclic) bond motifs is 2. The first-order valence-corrected chi connectivity index (χ1v) is 12.8. The molecule has 0 bridgehead atoms. The second kappa shape index (κ2) is 9.85. The Morgan fingerprint density at radius 3 is 2.35 bits per heavy atom. The van der Waals surface area contributed by atoms with E-state index in [0.29, 0.717) is 0 Å². The third-order valence-electron chi connectivity index (χ3n) is 6.50. The topological polar surface area (TPSA) is 46.0 Å². The van der Waals surface area contributed by atoms with Gasteiger partial charge in [-0.05, 0) is 35.2 Å². The van der Waals surface area contributed by atoms with Crippen LogP contribution >= 0.6 is 11.3 Å². The van der Waals surface area contributed by atoms with Gasteiger partial charge in [-0.1, -0.05) is 97.3 Å². The molecule has 0 radical (unpaired) electrons. The van der Waals surface area contributed by atoms with Crippen LogP contribution in [0.1, 0.15) is 26.3 Å². The van der Waals surface area contributed by atoms with Crippen LogP contribution in [0.4, 0.5) is 0 Å². The average molecular weight is 681 g/mol. The molecule has 0 atom stereocenters. The second-order valence-electron chi connectivity index (χ2n) is 10.0. The third-order valence-corrected chi connectivity index (χ3v) is 7.53. The van der Waals surface area contributed by atoms with Crippen molar-refractivity contribution in [2.75, 3.05) is 0 Å². The molecule has 0 fully saturated rings. The molecule has 1 N–H and O–H groups in total. The Bertz CT molecular complexity index is 1740. The number of pyridine rings is 1. The van der Waals surface area contributed by atoms with E-state index in [0.717, 1.165) is 53.9 Å². The number of nitrogens with zero attached hydrogens (tertiary/aromatic N) is 2. The van der Waals surface area contributed by atoms with Gasteiger partial charge in [0.25, 0.3) is 0 Å². The molecule has 4 aromatic carbocycles. The fourth-order valence-electron chi connectivity index (χ4n) is 4.54. The SMILES string of the molecule is CC(C)(C)c1cc(-c2[c-]c(-c3ccccn3)cc3ccccc23)c2nc(-c3ccccc3O)sc2c1.[Pt]. The minimum atomic E-state index is -0.0453. The van der Waals surface area contributed by atoms with Crippen LogP contribution < -0.4 is 0 Å². The number of aromatic hydroxyl groups is 1. The van der Waals surface area contributed by atoms with E-state index in [4.69, 9.17) is 4.98 Å². The molecule has 5 heteroatoms. The summed E-state index contributed by atoms with van der Waals surface area (Å²) in [5, 5.41) is 13.6. The summed E-state index contributed by atoms with van der Waals surface area (Å²) in [6.07, 6.45) is 1.81. The Labute approximate surface area is 235 Å². The first kappa shape index (κ1) is 25.3. The molecule has 0 aliphatic heterocycles. The van der Waals surface area contributed by atoms with Crippen LogP contribution in [0, 0.1) is 6.07 Å². The Morgan fingerprint density at radius 2 is 1.59 bits per heavy atom. The van der Waals surface area contributed by atoms with Gasteiger partial charge in [0.15, 0.2) is 0 Å². The number of phenolic OH excluding ortho intramolecular Hbond substituents is 1. The molecule has 0 saturated carbocycles. The number of rotatable bonds is 3. The van der Waals surface area contributed by atoms with Crippen molar-refractivity contribution < 1.29 is 26.2 Å². The largest absolute Gasteiger partial charge is 0.507 e. The summed E-state index contributed by atoms with van der Waals surface area (Å²) in [4.78, 5) is 9.67. The van der Waals surface area contributed by atoms with Crippen LogP contribution in [0.5, 0.6) is 5.75 Å². The van der Waals surface area contributed by atoms with Gasteiger partial charge in [0.2, 0.25) is 0 Å². The van der Waals surface area contributed by atoms with Crippen molar-refractivity contribution >= 4 is 32.3 Å². The zero-order valence-corrected chi connectivity index (χ0v) is 23.8. The van der Waals surface area contributed by atoms with E-state index in [1.165, 1.54) is 5.56 Å². The average Bonchev–Trinajstić information content (AvgIpc) is 3.32. The third kappa shape index (κ3) is 4.72. The minimum Gasteiger partial charge on any atom is -0.507 e. The summed E-state index contributed by atoms with van der Waals surface area (Å²) in [6, 6.07) is 32.1. The summed E-state index contributed by atoms with van der Waals surface area (Å²) in [7, 11) is 0. The van der Waals surface area contributed by atoms with Crippen molar-refractivity contribution in [3.63, 3.8) is 0 Å². The number of phenols is 1. The monoisotopic (exact) mass is 680 g/mol. The fraction of sp³-hybridized carbons (Fsp3) is 0.125. The molecule has 2 heterocycles. The van der Waals surface area contributed by atoms with Crippen LogP contribution in [0.2, 0.25) is 0 Å². The van der Waals surface area contributed by atoms with E-state index < -0.39 is 0 Å². The predicted molar refractivity (Wildman–Crippen MR) is 150 cm³/mol. The molecule has 0 amide bonds. The number of aromatic nitrogens is 2. The smallest absolute Gasteiger partial charge is 0.127 e. The number of hydrogen-bond acceptors (Lipinski definition) is 4. The van der Waals surface area contributed by atoms with Crippen LogP contribution in [-0.4, -0.2) is 15.1 Å². The van der Waals surface area contributed by atoms with Gasteiger partial charge in [-0.3, -0.25) is 4.98 Å². The standard InChI is InChI=1S/C32H25N2OS.Pt/c1-32(2,3)22-18-26(30-29(19-22)36-31(34-30)24-12-6-7-14-28(24)35)25-17-21(27-13-8-9-15-33-27)16-20-10-4-5-11-23(20)25;/h4-16,18-19,35H,1-3H3;/q-1;. The molecule has 0 unspecified atom stereocenters. The van der Waals surface area contributed by atoms with Gasteiger partial charge >= 0.3 is 0 Å². The maximum absolute atomic E-state index is 10.5. The molecule has 6 aromatic rings. The number of hydrogen-bond donors (Lipinski definition) is 1. The van der Waals surface area contributed by atoms with Crippen molar-refractivity contribution in [3.8, 4) is 38.7 Å². The Morgan fingerprint density at radius 1 is 0.838 bits per heavy atom. The zero-order valence-electron chi connectivity index (χ0n) is 20.7. The molecule has 6 rings (SSSR count). The minimum absolute atomic E-state index is 0. The van der Waals surface area contributed by atoms with E-state index in [-0.39, 0.29) is 32.2 Å². The number of thiazole rings is 1. The summed E-state index contributed by atoms with van der Waals surface area (Å²) in [6.45, 7) is 6.69. The molecule has 37 heavy (non-hydrogen) atoms. The van der Waals surface area contributed by atoms with Crippen molar-refractivity contribution in [2.45, 2.75) is 26.2 Å². The maximum Gasteiger partial charge on any atom is 0.127 e. The van der Waals surface area contributed by atoms with Gasteiger partial charge in [0.1, 0.15) is 10.8 Å². The molecular weight excluding hydrogens is 656 g/mol. The van der Waals surface area contributed by atoms with Crippen molar-refractivity contribution in [1.29, 1.82) is 0 Å². The number of benzene rings is 4. The quantitative estimate of drug-likeness (QED) is 0.191. The first-order chi connectivity index (χ1) is 17.4. The van der Waals surface area contributed by atoms with Gasteiger partial charge in [-0.15, -0.1) is 29.0 Å². The molecule has 0 saturated heterocycles. The van der Waals surface area contributed by atoms with Gasteiger partial charge in [-0.2, -0.15) is 0 Å². The van der Waals surface area contributed by atoms with Gasteiger partial charge in [0.05, 0.1) is 11.1 Å². The molecular formula is C32H25N2OPtS-. The summed E-state index contributed by atoms with van der Waals surface area (Å²) in [5.41, 5.74) is 6.76. The first-order valence-electron chi connectivity index (χ1n) is 12.0. The summed E-state index contributed by atoms with van der Waals surface area (Å²) < 4.78 is 1.09. The van der Waals surface area contributed by atoms with Crippen LogP contribution in [0.25, 0.3) is 53.9 Å². The van der Waals surface area contributed by atoms with E-state index >= 15 is 0 Å². The molecule has 0 aliphatic carbocycles. The van der Waals surface area contributed by atoms with Crippen molar-refractivity contribution in [1.82, 2.24) is 9.97 Å². The maximum atomic E-state index is 10.5. The summed E-state index contributed by atoms with van der Waals surface area (Å²) in [5.74, 6) is 0.239. The van der Waals surface area contributed by atoms with E-state index in [1.54, 1.807) is 17.4 Å². The van der Waals surface area contributed by atoms with Gasteiger partial charge in [0, 0.05) is 37.7 Å². The molecule has 0 aliphatic rings. The van der Waals surface area contributed by atoms with E-state index in [1.807, 2.05) is 42.6 Å². The van der Waals surface area contributed by atoms with Crippen LogP contribution in [0.15, 0.2) is 91.1 Å². The van der Waals surface area contributed by atoms with E-state index in [9.17, 15) is 5.11 Å². The second-order valence-corrected chi connectivity index (χ2v) is 11.0. The van der Waals surface area contributed by atoms with Crippen LogP contribution in [0.3, 0.4) is 0 Å². The van der Waals surface area contributed by atoms with Crippen LogP contribution in [-0.2, 0) is 26.5 Å². The number of para-hydroxylation sites is 1. The predicted octanol–water partition coefficient (Wildman–Crippen LogP) is 8.65. The summed E-state index contributed by atoms with van der Waals surface area (Å²) >= 11 is 1.61. The fourth-order valence-corrected chi connectivity index (χ4v) is 5.61. The van der Waals surface area contributed by atoms with Gasteiger partial charge in [-0.25, -0.2) is 4.98 Å². The Balaban J connectivity index is 0.00000280. The normalized spacial score (nSPS) is 11.5. The Kier molecular flexibility index (Phi) is 6.74. The molecule has 0 spiro atoms. The zero-order chi connectivity index (χ0) is 24.9. The van der Waals surface area contributed by atoms with E-state index in [2.05, 4.69) is 74.3 Å². The van der Waals surface area contributed by atoms with Gasteiger partial charge < -0.3 is 5.11 Å².